The molecule has 0 aromatic carbocycles. The number of amides is 1. The summed E-state index contributed by atoms with van der Waals surface area (Å²) in [6, 6.07) is 0. The van der Waals surface area contributed by atoms with Gasteiger partial charge in [-0.2, -0.15) is 5.10 Å². The molecule has 0 saturated heterocycles. The Kier molecular flexibility index (Phi) is 2.44. The normalized spacial score (nSPS) is 39.5. The van der Waals surface area contributed by atoms with E-state index in [2.05, 4.69) is 15.4 Å². The van der Waals surface area contributed by atoms with Crippen LogP contribution in [0, 0.1) is 17.8 Å². The molecule has 0 aliphatic heterocycles. The predicted octanol–water partition coefficient (Wildman–Crippen LogP) is 1.36. The first kappa shape index (κ1) is 11.4. The van der Waals surface area contributed by atoms with Gasteiger partial charge >= 0.3 is 0 Å². The van der Waals surface area contributed by atoms with Crippen molar-refractivity contribution in [3.63, 3.8) is 0 Å². The Balaban J connectivity index is 1.46. The van der Waals surface area contributed by atoms with Gasteiger partial charge in [-0.05, 0) is 56.3 Å². The van der Waals surface area contributed by atoms with Crippen LogP contribution < -0.4 is 5.32 Å². The van der Waals surface area contributed by atoms with Gasteiger partial charge in [-0.1, -0.05) is 0 Å². The van der Waals surface area contributed by atoms with Crippen LogP contribution in [-0.2, 0) is 11.3 Å². The second kappa shape index (κ2) is 4.05. The number of aromatic nitrogens is 3. The summed E-state index contributed by atoms with van der Waals surface area (Å²) in [5.41, 5.74) is 0.104. The average Bonchev–Trinajstić information content (AvgIpc) is 2.78. The van der Waals surface area contributed by atoms with E-state index in [0.29, 0.717) is 6.54 Å². The summed E-state index contributed by atoms with van der Waals surface area (Å²) in [6.45, 7) is 0.293. The molecule has 0 unspecified atom stereocenters. The van der Waals surface area contributed by atoms with Crippen molar-refractivity contribution in [3.8, 4) is 0 Å². The molecule has 4 saturated carbocycles. The predicted molar refractivity (Wildman–Crippen MR) is 69.1 cm³/mol. The molecule has 0 radical (unpaired) electrons. The van der Waals surface area contributed by atoms with E-state index in [9.17, 15) is 4.79 Å². The minimum Gasteiger partial charge on any atom is -0.349 e. The number of carbonyl (C=O) groups is 1. The molecule has 4 bridgehead atoms. The highest BCUT2D eigenvalue weighted by Gasteiger charge is 2.51. The van der Waals surface area contributed by atoms with Crippen LogP contribution in [0.4, 0.5) is 0 Å². The minimum absolute atomic E-state index is 0.0902. The minimum atomic E-state index is 0.0902. The van der Waals surface area contributed by atoms with Gasteiger partial charge in [0.2, 0.25) is 5.91 Å². The van der Waals surface area contributed by atoms with E-state index < -0.39 is 0 Å². The number of rotatable bonds is 3. The quantitative estimate of drug-likeness (QED) is 0.892. The molecule has 4 fully saturated rings. The molecule has 19 heavy (non-hydrogen) atoms. The van der Waals surface area contributed by atoms with Crippen molar-refractivity contribution in [1.29, 1.82) is 0 Å². The smallest absolute Gasteiger partial charge is 0.242 e. The molecule has 5 nitrogen and oxygen atoms in total. The molecule has 1 aromatic heterocycles. The number of nitrogens with zero attached hydrogens (tertiary/aromatic N) is 3. The zero-order chi connectivity index (χ0) is 12.9. The first-order valence-corrected chi connectivity index (χ1v) is 7.34. The van der Waals surface area contributed by atoms with E-state index in [0.717, 1.165) is 17.8 Å². The van der Waals surface area contributed by atoms with Crippen molar-refractivity contribution in [1.82, 2.24) is 20.1 Å². The summed E-state index contributed by atoms with van der Waals surface area (Å²) in [6.07, 6.45) is 10.9. The lowest BCUT2D eigenvalue weighted by Crippen LogP contribution is -2.60. The average molecular weight is 260 g/mol. The number of nitrogens with one attached hydrogen (secondary N) is 1. The fourth-order valence-electron chi connectivity index (χ4n) is 5.06. The maximum absolute atomic E-state index is 12.2. The van der Waals surface area contributed by atoms with Gasteiger partial charge in [-0.25, -0.2) is 9.67 Å². The summed E-state index contributed by atoms with van der Waals surface area (Å²) < 4.78 is 1.59. The van der Waals surface area contributed by atoms with Gasteiger partial charge in [0, 0.05) is 5.54 Å². The molecular formula is C14H20N4O. The summed E-state index contributed by atoms with van der Waals surface area (Å²) in [5, 5.41) is 7.33. The molecule has 1 heterocycles. The molecule has 0 atom stereocenters. The monoisotopic (exact) mass is 260 g/mol. The maximum Gasteiger partial charge on any atom is 0.242 e. The van der Waals surface area contributed by atoms with E-state index >= 15 is 0 Å². The Morgan fingerprint density at radius 2 is 1.84 bits per heavy atom. The van der Waals surface area contributed by atoms with Crippen molar-refractivity contribution in [3.05, 3.63) is 12.7 Å². The Morgan fingerprint density at radius 1 is 1.21 bits per heavy atom. The second-order valence-electron chi connectivity index (χ2n) is 6.84. The highest BCUT2D eigenvalue weighted by Crippen LogP contribution is 2.55. The third-order valence-corrected chi connectivity index (χ3v) is 5.22. The zero-order valence-electron chi connectivity index (χ0n) is 11.1. The van der Waals surface area contributed by atoms with Crippen molar-refractivity contribution in [2.24, 2.45) is 17.8 Å². The highest BCUT2D eigenvalue weighted by atomic mass is 16.2. The fourth-order valence-corrected chi connectivity index (χ4v) is 5.06. The van der Waals surface area contributed by atoms with E-state index in [1.165, 1.54) is 44.9 Å². The van der Waals surface area contributed by atoms with Crippen molar-refractivity contribution in [2.45, 2.75) is 50.6 Å². The zero-order valence-corrected chi connectivity index (χ0v) is 11.1. The summed E-state index contributed by atoms with van der Waals surface area (Å²) in [5.74, 6) is 2.67. The van der Waals surface area contributed by atoms with Crippen LogP contribution in [-0.4, -0.2) is 26.2 Å². The maximum atomic E-state index is 12.2. The lowest BCUT2D eigenvalue weighted by atomic mass is 9.53. The third kappa shape index (κ3) is 2.05. The molecule has 1 N–H and O–H groups in total. The molecule has 1 aromatic rings. The molecule has 5 heteroatoms. The van der Waals surface area contributed by atoms with Crippen LogP contribution in [0.3, 0.4) is 0 Å². The van der Waals surface area contributed by atoms with Gasteiger partial charge in [-0.3, -0.25) is 4.79 Å². The van der Waals surface area contributed by atoms with Crippen molar-refractivity contribution in [2.75, 3.05) is 0 Å². The highest BCUT2D eigenvalue weighted by molar-refractivity contribution is 5.76. The van der Waals surface area contributed by atoms with Crippen molar-refractivity contribution >= 4 is 5.91 Å². The lowest BCUT2D eigenvalue weighted by molar-refractivity contribution is -0.127. The van der Waals surface area contributed by atoms with E-state index in [4.69, 9.17) is 0 Å². The molecule has 1 amide bonds. The number of hydrogen-bond acceptors (Lipinski definition) is 3. The Bertz CT molecular complexity index is 446. The second-order valence-corrected chi connectivity index (χ2v) is 6.84. The topological polar surface area (TPSA) is 59.8 Å². The lowest BCUT2D eigenvalue weighted by Gasteiger charge is -2.56. The van der Waals surface area contributed by atoms with E-state index in [1.807, 2.05) is 0 Å². The summed E-state index contributed by atoms with van der Waals surface area (Å²) in [4.78, 5) is 16.1. The SMILES string of the molecule is O=C(Cn1cncn1)NC12CC3CC(CC(C3)C1)C2. The molecular weight excluding hydrogens is 240 g/mol. The van der Waals surface area contributed by atoms with Crippen LogP contribution in [0.2, 0.25) is 0 Å². The van der Waals surface area contributed by atoms with Gasteiger partial charge < -0.3 is 5.32 Å². The molecule has 4 aliphatic rings. The van der Waals surface area contributed by atoms with Gasteiger partial charge in [0.15, 0.2) is 0 Å². The Labute approximate surface area is 112 Å². The van der Waals surface area contributed by atoms with E-state index in [-0.39, 0.29) is 11.4 Å². The van der Waals surface area contributed by atoms with Crippen LogP contribution in [0.5, 0.6) is 0 Å². The number of carbonyl (C=O) groups excluding carboxylic acids is 1. The van der Waals surface area contributed by atoms with Crippen LogP contribution >= 0.6 is 0 Å². The molecule has 102 valence electrons. The fraction of sp³-hybridized carbons (Fsp3) is 0.786. The Hall–Kier alpha value is -1.39. The summed E-state index contributed by atoms with van der Waals surface area (Å²) >= 11 is 0. The number of hydrogen-bond donors (Lipinski definition) is 1. The standard InChI is InChI=1S/C14H20N4O/c19-13(7-18-9-15-8-16-18)17-14-4-10-1-11(5-14)3-12(2-10)6-14/h8-12H,1-7H2,(H,17,19). The largest absolute Gasteiger partial charge is 0.349 e. The molecule has 4 aliphatic carbocycles. The Morgan fingerprint density at radius 3 is 2.37 bits per heavy atom. The molecule has 0 spiro atoms. The van der Waals surface area contributed by atoms with Crippen LogP contribution in [0.1, 0.15) is 38.5 Å². The first-order chi connectivity index (χ1) is 9.21. The summed E-state index contributed by atoms with van der Waals surface area (Å²) in [7, 11) is 0. The van der Waals surface area contributed by atoms with E-state index in [1.54, 1.807) is 11.0 Å². The van der Waals surface area contributed by atoms with Crippen LogP contribution in [0.15, 0.2) is 12.7 Å². The third-order valence-electron chi connectivity index (χ3n) is 5.22. The van der Waals surface area contributed by atoms with Crippen molar-refractivity contribution < 1.29 is 4.79 Å². The first-order valence-electron chi connectivity index (χ1n) is 7.34. The van der Waals surface area contributed by atoms with Crippen LogP contribution in [0.25, 0.3) is 0 Å². The van der Waals surface area contributed by atoms with Gasteiger partial charge in [0.25, 0.3) is 0 Å². The van der Waals surface area contributed by atoms with Gasteiger partial charge in [-0.15, -0.1) is 0 Å². The van der Waals surface area contributed by atoms with Gasteiger partial charge in [0.05, 0.1) is 0 Å². The molecule has 5 rings (SSSR count). The van der Waals surface area contributed by atoms with Gasteiger partial charge in [0.1, 0.15) is 19.2 Å².